The normalized spacial score (nSPS) is 14.3. The van der Waals surface area contributed by atoms with Crippen molar-refractivity contribution in [2.45, 2.75) is 56.6 Å². The van der Waals surface area contributed by atoms with E-state index < -0.39 is 12.1 Å². The number of benzene rings is 6. The number of ketones is 1. The van der Waals surface area contributed by atoms with Crippen molar-refractivity contribution in [1.29, 1.82) is 0 Å². The Morgan fingerprint density at radius 3 is 1.62 bits per heavy atom. The van der Waals surface area contributed by atoms with Crippen molar-refractivity contribution in [3.05, 3.63) is 192 Å². The van der Waals surface area contributed by atoms with Crippen LogP contribution >= 0.6 is 58.0 Å². The van der Waals surface area contributed by atoms with Gasteiger partial charge in [0.05, 0.1) is 38.1 Å². The van der Waals surface area contributed by atoms with E-state index in [4.69, 9.17) is 77.5 Å². The van der Waals surface area contributed by atoms with Gasteiger partial charge in [0, 0.05) is 38.0 Å². The van der Waals surface area contributed by atoms with Crippen LogP contribution in [0.1, 0.15) is 62.8 Å². The predicted molar refractivity (Wildman–Crippen MR) is 269 cm³/mol. The summed E-state index contributed by atoms with van der Waals surface area (Å²) in [5.74, 6) is 1.42. The molecule has 0 spiro atoms. The summed E-state index contributed by atoms with van der Waals surface area (Å²) >= 11 is 30.1. The van der Waals surface area contributed by atoms with Gasteiger partial charge >= 0.3 is 103 Å². The SMILES string of the molecule is COc1ccc(CCl)cc1.COc1ccc(CN2C(=O)C(CCc3ccccc3Cl)NC(=O)c3cc(Cl)ccc32)cc1.O=C1NC(CCc2ccccc2Cl)C(=O)Cc2ccc(Cl)cc21.O=CO[O-].[H-].[K+].[K+]. The molecule has 2 unspecified atom stereocenters. The fraction of sp³-hybridized carbons (Fsp3) is 0.212. The minimum absolute atomic E-state index is 0. The monoisotopic (exact) mass is 1110 g/mol. The fourth-order valence-corrected chi connectivity index (χ4v) is 8.28. The van der Waals surface area contributed by atoms with Gasteiger partial charge in [-0.2, -0.15) is 0 Å². The molecule has 2 aliphatic rings. The first-order chi connectivity index (χ1) is 33.3. The summed E-state index contributed by atoms with van der Waals surface area (Å²) in [7, 11) is 3.25. The zero-order valence-corrected chi connectivity index (χ0v) is 49.4. The quantitative estimate of drug-likeness (QED) is 0.0604. The van der Waals surface area contributed by atoms with Crippen LogP contribution in [0.2, 0.25) is 20.1 Å². The van der Waals surface area contributed by atoms with Crippen LogP contribution in [0.5, 0.6) is 11.5 Å². The number of methoxy groups -OCH3 is 2. The minimum atomic E-state index is -0.691. The summed E-state index contributed by atoms with van der Waals surface area (Å²) in [5.41, 5.74) is 6.04. The molecule has 2 N–H and O–H groups in total. The Kier molecular flexibility index (Phi) is 28.5. The third-order valence-electron chi connectivity index (χ3n) is 10.9. The number of carbonyl (C=O) groups is 5. The van der Waals surface area contributed by atoms with Crippen LogP contribution in [0.3, 0.4) is 0 Å². The molecular weight excluding hydrogens is 1070 g/mol. The number of rotatable bonds is 12. The summed E-state index contributed by atoms with van der Waals surface area (Å²) in [6.45, 7) is 0.134. The van der Waals surface area contributed by atoms with Crippen molar-refractivity contribution in [1.82, 2.24) is 10.6 Å². The molecule has 8 rings (SSSR count). The number of carbonyl (C=O) groups excluding carboxylic acids is 5. The number of hydrogen-bond donors (Lipinski definition) is 2. The number of amides is 3. The second-order valence-corrected chi connectivity index (χ2v) is 17.3. The molecule has 0 aromatic heterocycles. The molecule has 71 heavy (non-hydrogen) atoms. The van der Waals surface area contributed by atoms with Gasteiger partial charge in [-0.3, -0.25) is 24.0 Å². The average Bonchev–Trinajstić information content (AvgIpc) is 3.54. The number of fused-ring (bicyclic) bond motifs is 2. The van der Waals surface area contributed by atoms with E-state index in [2.05, 4.69) is 15.5 Å². The van der Waals surface area contributed by atoms with Crippen molar-refractivity contribution in [3.8, 4) is 11.5 Å². The van der Waals surface area contributed by atoms with E-state index >= 15 is 0 Å². The molecule has 6 aromatic rings. The maximum absolute atomic E-state index is 13.6. The zero-order valence-electron chi connectivity index (χ0n) is 40.4. The van der Waals surface area contributed by atoms with E-state index in [-0.39, 0.29) is 141 Å². The van der Waals surface area contributed by atoms with E-state index in [0.29, 0.717) is 75.0 Å². The topological polar surface area (TPSA) is 163 Å². The van der Waals surface area contributed by atoms with Crippen LogP contribution < -0.4 is 133 Å². The number of alkyl halides is 1. The Hall–Kier alpha value is -2.85. The van der Waals surface area contributed by atoms with Gasteiger partial charge in [-0.15, -0.1) is 11.6 Å². The van der Waals surface area contributed by atoms with E-state index in [1.807, 2.05) is 97.1 Å². The smallest absolute Gasteiger partial charge is 1.00 e. The molecule has 2 aliphatic heterocycles. The maximum atomic E-state index is 13.6. The molecule has 19 heteroatoms. The van der Waals surface area contributed by atoms with Crippen molar-refractivity contribution in [2.75, 3.05) is 19.1 Å². The van der Waals surface area contributed by atoms with Crippen molar-refractivity contribution in [3.63, 3.8) is 0 Å². The van der Waals surface area contributed by atoms with Crippen LogP contribution in [0, 0.1) is 0 Å². The van der Waals surface area contributed by atoms with Gasteiger partial charge in [-0.05, 0) is 120 Å². The Balaban J connectivity index is 0.000000387. The Morgan fingerprint density at radius 2 is 1.11 bits per heavy atom. The molecule has 0 aliphatic carbocycles. The van der Waals surface area contributed by atoms with E-state index in [0.717, 1.165) is 39.3 Å². The minimum Gasteiger partial charge on any atom is -1.00 e. The standard InChI is InChI=1S/C25H22Cl2N2O3.C18H15Cl2NO2.C8H9ClO.CH2O3.2K.H/c1-32-19-10-6-16(7-11-19)15-29-23-13-9-18(26)14-20(23)24(30)28-22(25(29)31)12-8-17-4-2-3-5-21(17)27;19-13-7-5-12-9-17(22)16(21-18(23)14(12)10-13)8-6-11-3-1-2-4-15(11)20;1-10-8-4-2-7(6-9)3-5-8;2-1-4-3;;;/h2-7,9-11,13-14,22H,8,12,15H2,1H3,(H,28,30);1-5,7,10,16H,6,8-9H2,(H,21,23);2-5H,6H2,1H3;1,3H;;;/q;;;;2*+1;-1/p-1. The van der Waals surface area contributed by atoms with Gasteiger partial charge in [-0.25, -0.2) is 0 Å². The van der Waals surface area contributed by atoms with Crippen LogP contribution in [0.15, 0.2) is 133 Å². The first kappa shape index (κ1) is 62.4. The number of ether oxygens (including phenoxy) is 2. The number of nitrogens with one attached hydrogen (secondary N) is 2. The summed E-state index contributed by atoms with van der Waals surface area (Å²) in [4.78, 5) is 64.2. The predicted octanol–water partition coefficient (Wildman–Crippen LogP) is 4.12. The fourth-order valence-electron chi connectivity index (χ4n) is 7.29. The first-order valence-electron chi connectivity index (χ1n) is 21.3. The molecule has 6 aromatic carbocycles. The zero-order chi connectivity index (χ0) is 49.9. The summed E-state index contributed by atoms with van der Waals surface area (Å²) in [6.07, 6.45) is 2.38. The summed E-state index contributed by atoms with van der Waals surface area (Å²) in [5, 5.41) is 16.4. The third kappa shape index (κ3) is 19.1. The molecule has 2 atom stereocenters. The number of aryl methyl sites for hydroxylation is 2. The van der Waals surface area contributed by atoms with Crippen molar-refractivity contribution in [2.24, 2.45) is 0 Å². The molecular formula is C52H48Cl5K2N3O9. The van der Waals surface area contributed by atoms with Gasteiger partial charge in [0.2, 0.25) is 5.91 Å². The molecule has 0 bridgehead atoms. The number of halogens is 5. The molecule has 2 heterocycles. The number of nitrogens with zero attached hydrogens (tertiary/aromatic N) is 1. The molecule has 12 nitrogen and oxygen atoms in total. The van der Waals surface area contributed by atoms with Crippen LogP contribution in [0.4, 0.5) is 5.69 Å². The number of anilines is 1. The second kappa shape index (κ2) is 32.5. The van der Waals surface area contributed by atoms with Crippen LogP contribution in [-0.2, 0) is 51.0 Å². The van der Waals surface area contributed by atoms with E-state index in [1.165, 1.54) is 0 Å². The van der Waals surface area contributed by atoms with Gasteiger partial charge in [0.25, 0.3) is 18.3 Å². The van der Waals surface area contributed by atoms with Gasteiger partial charge in [-0.1, -0.05) is 113 Å². The van der Waals surface area contributed by atoms with Crippen LogP contribution in [0.25, 0.3) is 0 Å². The number of hydrogen-bond acceptors (Lipinski definition) is 9. The van der Waals surface area contributed by atoms with E-state index in [9.17, 15) is 19.2 Å². The summed E-state index contributed by atoms with van der Waals surface area (Å²) < 4.78 is 10.2. The van der Waals surface area contributed by atoms with E-state index in [1.54, 1.807) is 55.5 Å². The molecule has 0 saturated carbocycles. The molecule has 0 radical (unpaired) electrons. The van der Waals surface area contributed by atoms with Gasteiger partial charge < -0.3 is 36.6 Å². The molecule has 0 saturated heterocycles. The Bertz CT molecular complexity index is 2700. The summed E-state index contributed by atoms with van der Waals surface area (Å²) in [6, 6.07) is 39.1. The first-order valence-corrected chi connectivity index (χ1v) is 23.4. The Morgan fingerprint density at radius 1 is 0.648 bits per heavy atom. The average molecular weight is 1110 g/mol. The Labute approximate surface area is 524 Å². The molecule has 3 amide bonds. The number of Topliss-reactive ketones (excluding diaryl/α,β-unsaturated/α-hetero) is 1. The van der Waals surface area contributed by atoms with Crippen molar-refractivity contribution >= 4 is 93.7 Å². The third-order valence-corrected chi connectivity index (χ3v) is 12.4. The van der Waals surface area contributed by atoms with Gasteiger partial charge in [0.15, 0.2) is 5.78 Å². The van der Waals surface area contributed by atoms with Crippen LogP contribution in [-0.4, -0.2) is 56.3 Å². The molecule has 0 fully saturated rings. The largest absolute Gasteiger partial charge is 1.00 e. The second-order valence-electron chi connectivity index (χ2n) is 15.4. The van der Waals surface area contributed by atoms with Crippen molar-refractivity contribution < 1.29 is 148 Å². The van der Waals surface area contributed by atoms with Gasteiger partial charge in [0.1, 0.15) is 17.5 Å². The maximum Gasteiger partial charge on any atom is 1.00 e. The molecule has 362 valence electrons.